The van der Waals surface area contributed by atoms with E-state index in [-0.39, 0.29) is 5.92 Å². The van der Waals surface area contributed by atoms with Crippen molar-refractivity contribution in [2.24, 2.45) is 11.8 Å². The number of hydrogen-bond acceptors (Lipinski definition) is 3. The number of rotatable bonds is 12. The van der Waals surface area contributed by atoms with Crippen molar-refractivity contribution in [1.82, 2.24) is 0 Å². The molecule has 0 aromatic rings. The second kappa shape index (κ2) is 9.34. The lowest BCUT2D eigenvalue weighted by Crippen LogP contribution is -2.07. The molecule has 2 unspecified atom stereocenters. The summed E-state index contributed by atoms with van der Waals surface area (Å²) in [5.41, 5.74) is 0. The Morgan fingerprint density at radius 3 is 2.44 bits per heavy atom. The highest BCUT2D eigenvalue weighted by Crippen LogP contribution is 2.41. The number of carboxylic acid groups (broad SMARTS) is 1. The summed E-state index contributed by atoms with van der Waals surface area (Å²) < 4.78 is 10.9. The van der Waals surface area contributed by atoms with Crippen LogP contribution in [-0.2, 0) is 14.3 Å². The average molecular weight is 258 g/mol. The third-order valence-electron chi connectivity index (χ3n) is 3.39. The van der Waals surface area contributed by atoms with Gasteiger partial charge in [0.1, 0.15) is 0 Å². The van der Waals surface area contributed by atoms with Crippen LogP contribution in [0.1, 0.15) is 45.4 Å². The number of carbonyl (C=O) groups is 1. The Kier molecular flexibility index (Phi) is 8.01. The van der Waals surface area contributed by atoms with Crippen LogP contribution in [0, 0.1) is 11.8 Å². The third-order valence-corrected chi connectivity index (χ3v) is 3.39. The number of ether oxygens (including phenoxy) is 2. The van der Waals surface area contributed by atoms with E-state index in [1.165, 1.54) is 19.3 Å². The maximum absolute atomic E-state index is 10.6. The fraction of sp³-hybridized carbons (Fsp3) is 0.929. The zero-order chi connectivity index (χ0) is 13.2. The molecule has 18 heavy (non-hydrogen) atoms. The minimum absolute atomic E-state index is 0.108. The highest BCUT2D eigenvalue weighted by Gasteiger charge is 2.42. The smallest absolute Gasteiger partial charge is 0.306 e. The Labute approximate surface area is 110 Å². The fourth-order valence-electron chi connectivity index (χ4n) is 2.06. The lowest BCUT2D eigenvalue weighted by Gasteiger charge is -2.05. The monoisotopic (exact) mass is 258 g/mol. The highest BCUT2D eigenvalue weighted by molar-refractivity contribution is 5.73. The van der Waals surface area contributed by atoms with Crippen molar-refractivity contribution >= 4 is 5.97 Å². The van der Waals surface area contributed by atoms with Crippen LogP contribution in [0.5, 0.6) is 0 Å². The molecule has 0 aromatic carbocycles. The van der Waals surface area contributed by atoms with Crippen LogP contribution in [-0.4, -0.2) is 37.5 Å². The lowest BCUT2D eigenvalue weighted by molar-refractivity contribution is -0.138. The Morgan fingerprint density at radius 2 is 1.83 bits per heavy atom. The van der Waals surface area contributed by atoms with Crippen molar-refractivity contribution < 1.29 is 19.4 Å². The first-order chi connectivity index (χ1) is 8.75. The van der Waals surface area contributed by atoms with Gasteiger partial charge in [-0.1, -0.05) is 26.2 Å². The summed E-state index contributed by atoms with van der Waals surface area (Å²) in [6.07, 6.45) is 6.61. The van der Waals surface area contributed by atoms with Gasteiger partial charge in [0.05, 0.1) is 19.1 Å². The minimum Gasteiger partial charge on any atom is -0.481 e. The molecule has 106 valence electrons. The SMILES string of the molecule is CCCCCCOCCOCCC1CC1C(=O)O. The van der Waals surface area contributed by atoms with Gasteiger partial charge in [-0.25, -0.2) is 0 Å². The highest BCUT2D eigenvalue weighted by atomic mass is 16.5. The Morgan fingerprint density at radius 1 is 1.11 bits per heavy atom. The van der Waals surface area contributed by atoms with Crippen LogP contribution in [0.25, 0.3) is 0 Å². The second-order valence-corrected chi connectivity index (χ2v) is 5.01. The van der Waals surface area contributed by atoms with Crippen LogP contribution in [0.15, 0.2) is 0 Å². The molecule has 0 saturated heterocycles. The van der Waals surface area contributed by atoms with Gasteiger partial charge in [-0.2, -0.15) is 0 Å². The molecular formula is C14H26O4. The molecular weight excluding hydrogens is 232 g/mol. The van der Waals surface area contributed by atoms with Gasteiger partial charge in [0.25, 0.3) is 0 Å². The van der Waals surface area contributed by atoms with Crippen LogP contribution in [0.4, 0.5) is 0 Å². The maximum atomic E-state index is 10.6. The summed E-state index contributed by atoms with van der Waals surface area (Å²) in [5, 5.41) is 8.72. The van der Waals surface area contributed by atoms with Gasteiger partial charge >= 0.3 is 5.97 Å². The molecule has 0 amide bonds. The topological polar surface area (TPSA) is 55.8 Å². The summed E-state index contributed by atoms with van der Waals surface area (Å²) >= 11 is 0. The van der Waals surface area contributed by atoms with Gasteiger partial charge in [0.15, 0.2) is 0 Å². The molecule has 0 bridgehead atoms. The van der Waals surface area contributed by atoms with Gasteiger partial charge in [-0.05, 0) is 25.2 Å². The molecule has 4 nitrogen and oxygen atoms in total. The summed E-state index contributed by atoms with van der Waals surface area (Å²) in [5.74, 6) is -0.420. The van der Waals surface area contributed by atoms with E-state index in [2.05, 4.69) is 6.92 Å². The summed E-state index contributed by atoms with van der Waals surface area (Å²) in [7, 11) is 0. The predicted octanol–water partition coefficient (Wildman–Crippen LogP) is 2.71. The molecule has 1 rings (SSSR count). The Hall–Kier alpha value is -0.610. The molecule has 1 fully saturated rings. The van der Waals surface area contributed by atoms with Gasteiger partial charge < -0.3 is 14.6 Å². The quantitative estimate of drug-likeness (QED) is 0.547. The standard InChI is InChI=1S/C14H26O4/c1-2-3-4-5-7-17-9-10-18-8-6-12-11-13(12)14(15)16/h12-13H,2-11H2,1H3,(H,15,16). The van der Waals surface area contributed by atoms with Gasteiger partial charge in [-0.15, -0.1) is 0 Å². The molecule has 4 heteroatoms. The summed E-state index contributed by atoms with van der Waals surface area (Å²) in [6, 6.07) is 0. The molecule has 1 saturated carbocycles. The fourth-order valence-corrected chi connectivity index (χ4v) is 2.06. The normalized spacial score (nSPS) is 22.1. The first-order valence-corrected chi connectivity index (χ1v) is 7.14. The van der Waals surface area contributed by atoms with Gasteiger partial charge in [-0.3, -0.25) is 4.79 Å². The minimum atomic E-state index is -0.657. The van der Waals surface area contributed by atoms with Crippen LogP contribution in [0.3, 0.4) is 0 Å². The van der Waals surface area contributed by atoms with Crippen molar-refractivity contribution in [3.8, 4) is 0 Å². The van der Waals surface area contributed by atoms with E-state index < -0.39 is 5.97 Å². The summed E-state index contributed by atoms with van der Waals surface area (Å²) in [6.45, 7) is 4.96. The summed E-state index contributed by atoms with van der Waals surface area (Å²) in [4.78, 5) is 10.6. The first-order valence-electron chi connectivity index (χ1n) is 7.14. The molecule has 0 aromatic heterocycles. The molecule has 1 aliphatic rings. The Bertz CT molecular complexity index is 230. The van der Waals surface area contributed by atoms with Crippen molar-refractivity contribution in [2.75, 3.05) is 26.4 Å². The third kappa shape index (κ3) is 6.97. The molecule has 0 aliphatic heterocycles. The maximum Gasteiger partial charge on any atom is 0.306 e. The van der Waals surface area contributed by atoms with Crippen molar-refractivity contribution in [1.29, 1.82) is 0 Å². The van der Waals surface area contributed by atoms with Crippen molar-refractivity contribution in [3.63, 3.8) is 0 Å². The number of hydrogen-bond donors (Lipinski definition) is 1. The van der Waals surface area contributed by atoms with E-state index in [0.29, 0.717) is 25.7 Å². The number of carboxylic acids is 1. The lowest BCUT2D eigenvalue weighted by atomic mass is 10.2. The largest absolute Gasteiger partial charge is 0.481 e. The molecule has 1 N–H and O–H groups in total. The zero-order valence-electron chi connectivity index (χ0n) is 11.4. The van der Waals surface area contributed by atoms with Crippen LogP contribution in [0.2, 0.25) is 0 Å². The van der Waals surface area contributed by atoms with E-state index in [9.17, 15) is 4.79 Å². The predicted molar refractivity (Wildman–Crippen MR) is 69.6 cm³/mol. The molecule has 0 heterocycles. The van der Waals surface area contributed by atoms with Crippen LogP contribution < -0.4 is 0 Å². The second-order valence-electron chi connectivity index (χ2n) is 5.01. The molecule has 1 aliphatic carbocycles. The van der Waals surface area contributed by atoms with E-state index in [1.54, 1.807) is 0 Å². The molecule has 0 radical (unpaired) electrons. The van der Waals surface area contributed by atoms with E-state index in [0.717, 1.165) is 25.9 Å². The number of unbranched alkanes of at least 4 members (excludes halogenated alkanes) is 3. The van der Waals surface area contributed by atoms with E-state index in [1.807, 2.05) is 0 Å². The van der Waals surface area contributed by atoms with E-state index in [4.69, 9.17) is 14.6 Å². The molecule has 2 atom stereocenters. The average Bonchev–Trinajstić information content (AvgIpc) is 3.11. The zero-order valence-corrected chi connectivity index (χ0v) is 11.4. The Balaban J connectivity index is 1.73. The van der Waals surface area contributed by atoms with Gasteiger partial charge in [0, 0.05) is 13.2 Å². The van der Waals surface area contributed by atoms with Crippen molar-refractivity contribution in [2.45, 2.75) is 45.4 Å². The van der Waals surface area contributed by atoms with Crippen LogP contribution >= 0.6 is 0 Å². The number of aliphatic carboxylic acids is 1. The first kappa shape index (κ1) is 15.4. The van der Waals surface area contributed by atoms with Crippen molar-refractivity contribution in [3.05, 3.63) is 0 Å². The molecule has 0 spiro atoms. The van der Waals surface area contributed by atoms with Gasteiger partial charge in [0.2, 0.25) is 0 Å². The van der Waals surface area contributed by atoms with E-state index >= 15 is 0 Å².